The van der Waals surface area contributed by atoms with Gasteiger partial charge in [0.1, 0.15) is 17.3 Å². The fourth-order valence-electron chi connectivity index (χ4n) is 3.10. The summed E-state index contributed by atoms with van der Waals surface area (Å²) in [6.45, 7) is 1.77. The lowest BCUT2D eigenvalue weighted by Crippen LogP contribution is -2.34. The maximum absolute atomic E-state index is 15.3. The van der Waals surface area contributed by atoms with Gasteiger partial charge >= 0.3 is 0 Å². The Morgan fingerprint density at radius 1 is 0.967 bits per heavy atom. The van der Waals surface area contributed by atoms with Gasteiger partial charge in [-0.25, -0.2) is 18.2 Å². The van der Waals surface area contributed by atoms with Gasteiger partial charge in [0.05, 0.1) is 22.9 Å². The van der Waals surface area contributed by atoms with E-state index in [-0.39, 0.29) is 16.8 Å². The molecule has 0 aliphatic carbocycles. The molecule has 0 aliphatic rings. The zero-order chi connectivity index (χ0) is 22.3. The molecule has 0 saturated heterocycles. The summed E-state index contributed by atoms with van der Waals surface area (Å²) in [5, 5.41) is 31.1. The van der Waals surface area contributed by atoms with Crippen LogP contribution in [-0.2, 0) is 11.2 Å². The summed E-state index contributed by atoms with van der Waals surface area (Å²) < 4.78 is 43.3. The fourth-order valence-corrected chi connectivity index (χ4v) is 3.27. The van der Waals surface area contributed by atoms with Crippen molar-refractivity contribution >= 4 is 11.6 Å². The number of hydrogen-bond donors (Lipinski definition) is 3. The Kier molecular flexibility index (Phi) is 5.93. The van der Waals surface area contributed by atoms with E-state index in [2.05, 4.69) is 4.98 Å². The van der Waals surface area contributed by atoms with Crippen molar-refractivity contribution in [2.75, 3.05) is 6.61 Å². The van der Waals surface area contributed by atoms with Gasteiger partial charge in [-0.05, 0) is 31.5 Å². The molecule has 1 heterocycles. The minimum Gasteiger partial charge on any atom is -0.393 e. The average molecular weight is 438 g/mol. The topological polar surface area (TPSA) is 73.6 Å². The lowest BCUT2D eigenvalue weighted by Gasteiger charge is -2.29. The monoisotopic (exact) mass is 437 g/mol. The fraction of sp³-hybridized carbons (Fsp3) is 0.227. The number of benzene rings is 2. The molecular weight excluding hydrogens is 419 g/mol. The van der Waals surface area contributed by atoms with E-state index in [0.717, 1.165) is 12.1 Å². The van der Waals surface area contributed by atoms with E-state index >= 15 is 4.39 Å². The Morgan fingerprint density at radius 2 is 1.60 bits per heavy atom. The summed E-state index contributed by atoms with van der Waals surface area (Å²) in [7, 11) is 0. The summed E-state index contributed by atoms with van der Waals surface area (Å²) in [4.78, 5) is 4.05. The highest BCUT2D eigenvalue weighted by Crippen LogP contribution is 2.37. The highest BCUT2D eigenvalue weighted by Gasteiger charge is 2.36. The van der Waals surface area contributed by atoms with Crippen LogP contribution in [0.4, 0.5) is 13.2 Å². The Balaban J connectivity index is 2.37. The Bertz CT molecular complexity index is 1090. The number of aromatic nitrogens is 1. The molecule has 3 aromatic rings. The van der Waals surface area contributed by atoms with Crippen LogP contribution >= 0.6 is 11.6 Å². The first-order valence-electron chi connectivity index (χ1n) is 8.96. The minimum atomic E-state index is -2.08. The Labute approximate surface area is 176 Å². The summed E-state index contributed by atoms with van der Waals surface area (Å²) in [5.74, 6) is -3.23. The molecular formula is C22H19ClF3NO3. The van der Waals surface area contributed by atoms with Crippen molar-refractivity contribution in [2.24, 2.45) is 0 Å². The van der Waals surface area contributed by atoms with Crippen LogP contribution in [0.2, 0.25) is 5.02 Å². The molecule has 0 spiro atoms. The van der Waals surface area contributed by atoms with Crippen LogP contribution in [0.25, 0.3) is 11.3 Å². The van der Waals surface area contributed by atoms with E-state index in [9.17, 15) is 24.1 Å². The third-order valence-electron chi connectivity index (χ3n) is 4.79. The first-order valence-corrected chi connectivity index (χ1v) is 9.34. The van der Waals surface area contributed by atoms with E-state index in [1.54, 1.807) is 18.2 Å². The lowest BCUT2D eigenvalue weighted by molar-refractivity contribution is 0.0129. The number of hydrogen-bond acceptors (Lipinski definition) is 4. The number of halogens is 4. The molecule has 158 valence electrons. The molecule has 8 heteroatoms. The summed E-state index contributed by atoms with van der Waals surface area (Å²) >= 11 is 5.74. The Hall–Kier alpha value is -2.45. The van der Waals surface area contributed by atoms with Gasteiger partial charge in [0.15, 0.2) is 11.4 Å². The minimum absolute atomic E-state index is 0.232. The predicted molar refractivity (Wildman–Crippen MR) is 106 cm³/mol. The summed E-state index contributed by atoms with van der Waals surface area (Å²) in [6.07, 6.45) is 0. The first-order chi connectivity index (χ1) is 14.0. The molecule has 3 N–H and O–H groups in total. The second-order valence-electron chi connectivity index (χ2n) is 7.41. The molecule has 3 rings (SSSR count). The van der Waals surface area contributed by atoms with Crippen molar-refractivity contribution in [3.8, 4) is 11.3 Å². The molecule has 0 radical (unpaired) electrons. The second-order valence-corrected chi connectivity index (χ2v) is 7.81. The number of rotatable bonds is 5. The van der Waals surface area contributed by atoms with Crippen molar-refractivity contribution in [1.29, 1.82) is 0 Å². The second kappa shape index (κ2) is 8.00. The van der Waals surface area contributed by atoms with E-state index < -0.39 is 51.5 Å². The first kappa shape index (κ1) is 22.2. The van der Waals surface area contributed by atoms with E-state index in [0.29, 0.717) is 6.07 Å². The van der Waals surface area contributed by atoms with E-state index in [1.165, 1.54) is 26.0 Å². The van der Waals surface area contributed by atoms with Gasteiger partial charge in [-0.15, -0.1) is 0 Å². The molecule has 0 aliphatic heterocycles. The van der Waals surface area contributed by atoms with Crippen LogP contribution in [0.5, 0.6) is 0 Å². The smallest absolute Gasteiger partial charge is 0.155 e. The molecule has 4 nitrogen and oxygen atoms in total. The van der Waals surface area contributed by atoms with Crippen LogP contribution < -0.4 is 0 Å². The number of aliphatic hydroxyl groups excluding tert-OH is 1. The largest absolute Gasteiger partial charge is 0.393 e. The molecule has 0 amide bonds. The van der Waals surface area contributed by atoms with Crippen molar-refractivity contribution in [3.05, 3.63) is 87.8 Å². The van der Waals surface area contributed by atoms with E-state index in [1.807, 2.05) is 0 Å². The molecule has 0 saturated carbocycles. The zero-order valence-electron chi connectivity index (χ0n) is 16.1. The molecule has 0 fully saturated rings. The van der Waals surface area contributed by atoms with E-state index in [4.69, 9.17) is 11.6 Å². The van der Waals surface area contributed by atoms with Crippen LogP contribution in [0, 0.1) is 17.5 Å². The normalized spacial score (nSPS) is 13.9. The van der Waals surface area contributed by atoms with Gasteiger partial charge in [0, 0.05) is 17.2 Å². The molecule has 0 bridgehead atoms. The van der Waals surface area contributed by atoms with Gasteiger partial charge in [0.25, 0.3) is 0 Å². The van der Waals surface area contributed by atoms with Crippen molar-refractivity contribution in [2.45, 2.75) is 25.0 Å². The molecule has 0 unspecified atom stereocenters. The van der Waals surface area contributed by atoms with Crippen LogP contribution in [0.15, 0.2) is 48.5 Å². The van der Waals surface area contributed by atoms with Gasteiger partial charge in [-0.2, -0.15) is 0 Å². The maximum atomic E-state index is 15.3. The molecule has 30 heavy (non-hydrogen) atoms. The third kappa shape index (κ3) is 3.94. The van der Waals surface area contributed by atoms with Crippen molar-refractivity contribution in [3.63, 3.8) is 0 Å². The van der Waals surface area contributed by atoms with Gasteiger partial charge in [0.2, 0.25) is 0 Å². The van der Waals surface area contributed by atoms with Crippen LogP contribution in [0.1, 0.15) is 30.7 Å². The molecule has 1 aromatic heterocycles. The van der Waals surface area contributed by atoms with Crippen LogP contribution in [0.3, 0.4) is 0 Å². The third-order valence-corrected chi connectivity index (χ3v) is 5.08. The summed E-state index contributed by atoms with van der Waals surface area (Å²) in [6, 6.07) is 10.5. The predicted octanol–water partition coefficient (Wildman–Crippen LogP) is 4.27. The highest BCUT2D eigenvalue weighted by molar-refractivity contribution is 6.31. The number of aliphatic hydroxyl groups is 3. The highest BCUT2D eigenvalue weighted by atomic mass is 35.5. The maximum Gasteiger partial charge on any atom is 0.155 e. The summed E-state index contributed by atoms with van der Waals surface area (Å²) in [5.41, 5.74) is -5.16. The Morgan fingerprint density at radius 3 is 2.17 bits per heavy atom. The zero-order valence-corrected chi connectivity index (χ0v) is 16.9. The van der Waals surface area contributed by atoms with Gasteiger partial charge in [-0.3, -0.25) is 0 Å². The SMILES string of the molecule is CC(C)(O)c1cc([C@@](O)(CO)c2ccccc2)nc(-c2cc(Cl)c(F)cc2F)c1F. The number of pyridine rings is 1. The lowest BCUT2D eigenvalue weighted by atomic mass is 9.87. The van der Waals surface area contributed by atoms with Crippen LogP contribution in [-0.4, -0.2) is 26.9 Å². The van der Waals surface area contributed by atoms with Gasteiger partial charge in [-0.1, -0.05) is 41.9 Å². The molecule has 2 aromatic carbocycles. The average Bonchev–Trinajstić information content (AvgIpc) is 2.70. The van der Waals surface area contributed by atoms with Crippen molar-refractivity contribution < 1.29 is 28.5 Å². The quantitative estimate of drug-likeness (QED) is 0.521. The standard InChI is InChI=1S/C22H19ClF3NO3/c1-21(2,29)14-9-18(22(30,11-28)12-6-4-3-5-7-12)27-20(19(14)26)13-8-15(23)17(25)10-16(13)24/h3-10,28-30H,11H2,1-2H3/t22-/m1/s1. The van der Waals surface area contributed by atoms with Crippen molar-refractivity contribution in [1.82, 2.24) is 4.98 Å². The molecule has 1 atom stereocenters. The number of nitrogens with zero attached hydrogens (tertiary/aromatic N) is 1. The van der Waals surface area contributed by atoms with Gasteiger partial charge < -0.3 is 15.3 Å².